The van der Waals surface area contributed by atoms with E-state index in [9.17, 15) is 9.59 Å². The number of nitrogens with one attached hydrogen (secondary N) is 1. The second kappa shape index (κ2) is 5.43. The lowest BCUT2D eigenvalue weighted by Crippen LogP contribution is -2.22. The Labute approximate surface area is 113 Å². The molecule has 4 heteroatoms. The molecule has 0 saturated heterocycles. The van der Waals surface area contributed by atoms with Crippen LogP contribution in [-0.2, 0) is 14.3 Å². The fraction of sp³-hybridized carbons (Fsp3) is 0.467. The van der Waals surface area contributed by atoms with E-state index in [2.05, 4.69) is 5.32 Å². The summed E-state index contributed by atoms with van der Waals surface area (Å²) in [6.07, 6.45) is 0.872. The Kier molecular flexibility index (Phi) is 3.88. The van der Waals surface area contributed by atoms with Crippen LogP contribution >= 0.6 is 0 Å². The number of rotatable bonds is 4. The number of benzene rings is 1. The molecule has 1 fully saturated rings. The van der Waals surface area contributed by atoms with E-state index >= 15 is 0 Å². The highest BCUT2D eigenvalue weighted by molar-refractivity contribution is 5.93. The number of hydrogen-bond acceptors (Lipinski definition) is 3. The maximum absolute atomic E-state index is 11.7. The van der Waals surface area contributed by atoms with E-state index in [1.807, 2.05) is 39.0 Å². The van der Waals surface area contributed by atoms with Gasteiger partial charge < -0.3 is 10.1 Å². The summed E-state index contributed by atoms with van der Waals surface area (Å²) < 4.78 is 4.99. The average Bonchev–Trinajstić information content (AvgIpc) is 3.09. The van der Waals surface area contributed by atoms with Crippen molar-refractivity contribution in [3.8, 4) is 0 Å². The first kappa shape index (κ1) is 13.6. The Hall–Kier alpha value is -1.84. The second-order valence-electron chi connectivity index (χ2n) is 5.22. The van der Waals surface area contributed by atoms with Crippen LogP contribution in [0.2, 0.25) is 0 Å². The predicted molar refractivity (Wildman–Crippen MR) is 72.8 cm³/mol. The van der Waals surface area contributed by atoms with Gasteiger partial charge in [0.25, 0.3) is 5.91 Å². The van der Waals surface area contributed by atoms with Crippen LogP contribution in [0.5, 0.6) is 0 Å². The molecule has 2 rings (SSSR count). The van der Waals surface area contributed by atoms with E-state index in [1.54, 1.807) is 0 Å². The number of anilines is 1. The zero-order valence-electron chi connectivity index (χ0n) is 11.5. The van der Waals surface area contributed by atoms with Crippen LogP contribution in [0.25, 0.3) is 0 Å². The topological polar surface area (TPSA) is 55.4 Å². The van der Waals surface area contributed by atoms with Gasteiger partial charge in [-0.3, -0.25) is 9.59 Å². The van der Waals surface area contributed by atoms with Gasteiger partial charge in [0.2, 0.25) is 0 Å². The van der Waals surface area contributed by atoms with Crippen molar-refractivity contribution in [2.75, 3.05) is 11.9 Å². The van der Waals surface area contributed by atoms with Gasteiger partial charge in [0.1, 0.15) is 0 Å². The van der Waals surface area contributed by atoms with E-state index in [-0.39, 0.29) is 24.4 Å². The summed E-state index contributed by atoms with van der Waals surface area (Å²) in [7, 11) is 0. The van der Waals surface area contributed by atoms with Gasteiger partial charge in [-0.15, -0.1) is 0 Å². The van der Waals surface area contributed by atoms with Gasteiger partial charge in [-0.1, -0.05) is 19.1 Å². The molecule has 2 atom stereocenters. The van der Waals surface area contributed by atoms with Crippen LogP contribution in [0.15, 0.2) is 18.2 Å². The summed E-state index contributed by atoms with van der Waals surface area (Å²) in [4.78, 5) is 23.2. The number of aryl methyl sites for hydroxylation is 1. The molecule has 0 heterocycles. The Morgan fingerprint density at radius 2 is 2.05 bits per heavy atom. The standard InChI is InChI=1S/C15H19NO3/c1-9-5-4-6-13(11(9)3)16-14(17)8-19-15(18)12-7-10(12)2/h4-6,10,12H,7-8H2,1-3H3,(H,16,17)/t10-,12-/m0/s1. The van der Waals surface area contributed by atoms with Gasteiger partial charge in [-0.25, -0.2) is 0 Å². The van der Waals surface area contributed by atoms with Crippen LogP contribution in [-0.4, -0.2) is 18.5 Å². The van der Waals surface area contributed by atoms with Crippen LogP contribution < -0.4 is 5.32 Å². The summed E-state index contributed by atoms with van der Waals surface area (Å²) in [6, 6.07) is 5.71. The molecule has 1 aromatic carbocycles. The molecular weight excluding hydrogens is 242 g/mol. The van der Waals surface area contributed by atoms with E-state index in [0.29, 0.717) is 5.92 Å². The molecule has 0 bridgehead atoms. The third-order valence-corrected chi connectivity index (χ3v) is 3.64. The zero-order valence-corrected chi connectivity index (χ0v) is 11.5. The van der Waals surface area contributed by atoms with E-state index in [0.717, 1.165) is 23.2 Å². The number of amides is 1. The minimum Gasteiger partial charge on any atom is -0.455 e. The number of carbonyl (C=O) groups is 2. The summed E-state index contributed by atoms with van der Waals surface area (Å²) in [5.74, 6) is -0.165. The Bertz CT molecular complexity index is 510. The van der Waals surface area contributed by atoms with Crippen molar-refractivity contribution >= 4 is 17.6 Å². The van der Waals surface area contributed by atoms with Gasteiger partial charge in [0, 0.05) is 5.69 Å². The fourth-order valence-electron chi connectivity index (χ4n) is 1.97. The van der Waals surface area contributed by atoms with Crippen LogP contribution in [0.4, 0.5) is 5.69 Å². The lowest BCUT2D eigenvalue weighted by Gasteiger charge is -2.10. The first-order valence-corrected chi connectivity index (χ1v) is 6.51. The molecule has 0 unspecified atom stereocenters. The fourth-order valence-corrected chi connectivity index (χ4v) is 1.97. The number of ether oxygens (including phenoxy) is 1. The highest BCUT2D eigenvalue weighted by Gasteiger charge is 2.40. The van der Waals surface area contributed by atoms with Crippen molar-refractivity contribution < 1.29 is 14.3 Å². The third kappa shape index (κ3) is 3.34. The van der Waals surface area contributed by atoms with E-state index in [1.165, 1.54) is 0 Å². The molecule has 102 valence electrons. The molecule has 19 heavy (non-hydrogen) atoms. The molecule has 1 aliphatic rings. The predicted octanol–water partition coefficient (Wildman–Crippen LogP) is 2.44. The molecule has 1 aliphatic carbocycles. The van der Waals surface area contributed by atoms with Crippen molar-refractivity contribution in [2.45, 2.75) is 27.2 Å². The molecule has 0 radical (unpaired) electrons. The Balaban J connectivity index is 1.84. The molecule has 1 aromatic rings. The highest BCUT2D eigenvalue weighted by Crippen LogP contribution is 2.38. The largest absolute Gasteiger partial charge is 0.455 e. The SMILES string of the molecule is Cc1cccc(NC(=O)COC(=O)[C@H]2C[C@@H]2C)c1C. The summed E-state index contributed by atoms with van der Waals surface area (Å²) in [6.45, 7) is 5.72. The Morgan fingerprint density at radius 1 is 1.37 bits per heavy atom. The first-order chi connectivity index (χ1) is 8.99. The van der Waals surface area contributed by atoms with E-state index < -0.39 is 0 Å². The minimum absolute atomic E-state index is 0.00601. The number of hydrogen-bond donors (Lipinski definition) is 1. The van der Waals surface area contributed by atoms with Crippen molar-refractivity contribution in [3.05, 3.63) is 29.3 Å². The van der Waals surface area contributed by atoms with Crippen molar-refractivity contribution in [1.29, 1.82) is 0 Å². The first-order valence-electron chi connectivity index (χ1n) is 6.51. The minimum atomic E-state index is -0.296. The van der Waals surface area contributed by atoms with Crippen LogP contribution in [0, 0.1) is 25.7 Å². The molecule has 0 spiro atoms. The number of esters is 1. The highest BCUT2D eigenvalue weighted by atomic mass is 16.5. The monoisotopic (exact) mass is 261 g/mol. The summed E-state index contributed by atoms with van der Waals surface area (Å²) in [5.41, 5.74) is 2.90. The second-order valence-corrected chi connectivity index (χ2v) is 5.22. The van der Waals surface area contributed by atoms with Crippen molar-refractivity contribution in [1.82, 2.24) is 0 Å². The van der Waals surface area contributed by atoms with Crippen LogP contribution in [0.1, 0.15) is 24.5 Å². The lowest BCUT2D eigenvalue weighted by atomic mass is 10.1. The van der Waals surface area contributed by atoms with Gasteiger partial charge in [0.05, 0.1) is 5.92 Å². The summed E-state index contributed by atoms with van der Waals surface area (Å²) >= 11 is 0. The lowest BCUT2D eigenvalue weighted by molar-refractivity contribution is -0.148. The Morgan fingerprint density at radius 3 is 2.68 bits per heavy atom. The maximum atomic E-state index is 11.7. The van der Waals surface area contributed by atoms with Gasteiger partial charge in [0.15, 0.2) is 6.61 Å². The molecule has 4 nitrogen and oxygen atoms in total. The van der Waals surface area contributed by atoms with Gasteiger partial charge in [-0.05, 0) is 43.4 Å². The molecular formula is C15H19NO3. The smallest absolute Gasteiger partial charge is 0.309 e. The molecule has 0 aliphatic heterocycles. The van der Waals surface area contributed by atoms with Gasteiger partial charge >= 0.3 is 5.97 Å². The molecule has 1 N–H and O–H groups in total. The van der Waals surface area contributed by atoms with Crippen molar-refractivity contribution in [3.63, 3.8) is 0 Å². The van der Waals surface area contributed by atoms with E-state index in [4.69, 9.17) is 4.74 Å². The molecule has 1 amide bonds. The third-order valence-electron chi connectivity index (χ3n) is 3.64. The summed E-state index contributed by atoms with van der Waals surface area (Å²) in [5, 5.41) is 2.76. The number of carbonyl (C=O) groups excluding carboxylic acids is 2. The van der Waals surface area contributed by atoms with Crippen LogP contribution in [0.3, 0.4) is 0 Å². The maximum Gasteiger partial charge on any atom is 0.309 e. The van der Waals surface area contributed by atoms with Crippen molar-refractivity contribution in [2.24, 2.45) is 11.8 Å². The molecule has 0 aromatic heterocycles. The van der Waals surface area contributed by atoms with Gasteiger partial charge in [-0.2, -0.15) is 0 Å². The normalized spacial score (nSPS) is 20.8. The quantitative estimate of drug-likeness (QED) is 0.847. The zero-order chi connectivity index (χ0) is 14.0. The molecule has 1 saturated carbocycles. The average molecular weight is 261 g/mol.